The van der Waals surface area contributed by atoms with Gasteiger partial charge >= 0.3 is 5.97 Å². The van der Waals surface area contributed by atoms with Crippen molar-refractivity contribution in [2.45, 2.75) is 6.42 Å². The molecule has 2 aromatic rings. The maximum absolute atomic E-state index is 10.7. The minimum Gasteiger partial charge on any atom is -0.481 e. The maximum Gasteiger partial charge on any atom is 0.307 e. The lowest BCUT2D eigenvalue weighted by atomic mass is 10.1. The molecule has 0 aliphatic carbocycles. The Balaban J connectivity index is 2.67. The van der Waals surface area contributed by atoms with Gasteiger partial charge in [0.05, 0.1) is 11.9 Å². The van der Waals surface area contributed by atoms with Gasteiger partial charge in [-0.15, -0.1) is 0 Å². The van der Waals surface area contributed by atoms with E-state index in [0.29, 0.717) is 0 Å². The number of rotatable bonds is 2. The maximum atomic E-state index is 10.7. The predicted octanol–water partition coefficient (Wildman–Crippen LogP) is 3.32. The first-order valence-electron chi connectivity index (χ1n) is 4.25. The van der Waals surface area contributed by atoms with E-state index in [2.05, 4.69) is 36.8 Å². The lowest BCUT2D eigenvalue weighted by molar-refractivity contribution is -0.136. The number of H-pyrrole nitrogens is 1. The van der Waals surface area contributed by atoms with Gasteiger partial charge in [-0.3, -0.25) is 4.79 Å². The molecule has 2 rings (SSSR count). The molecule has 78 valence electrons. The fourth-order valence-electron chi connectivity index (χ4n) is 1.54. The molecule has 0 aliphatic rings. The number of fused-ring (bicyclic) bond motifs is 1. The Hall–Kier alpha value is -0.810. The van der Waals surface area contributed by atoms with E-state index in [-0.39, 0.29) is 6.42 Å². The van der Waals surface area contributed by atoms with E-state index in [9.17, 15) is 4.79 Å². The molecule has 0 fully saturated rings. The monoisotopic (exact) mass is 331 g/mol. The number of nitrogens with one attached hydrogen (secondary N) is 1. The summed E-state index contributed by atoms with van der Waals surface area (Å²) in [5.41, 5.74) is 1.70. The van der Waals surface area contributed by atoms with Gasteiger partial charge in [0, 0.05) is 20.5 Å². The number of halogens is 2. The van der Waals surface area contributed by atoms with Crippen molar-refractivity contribution in [1.82, 2.24) is 4.98 Å². The van der Waals surface area contributed by atoms with Crippen LogP contribution < -0.4 is 0 Å². The molecule has 0 radical (unpaired) electrons. The van der Waals surface area contributed by atoms with Crippen LogP contribution in [0.15, 0.2) is 27.3 Å². The average molecular weight is 333 g/mol. The van der Waals surface area contributed by atoms with Gasteiger partial charge in [0.15, 0.2) is 0 Å². The van der Waals surface area contributed by atoms with Gasteiger partial charge in [-0.2, -0.15) is 0 Å². The summed E-state index contributed by atoms with van der Waals surface area (Å²) >= 11 is 6.83. The van der Waals surface area contributed by atoms with Crippen molar-refractivity contribution in [3.8, 4) is 0 Å². The minimum atomic E-state index is -0.831. The Labute approximate surface area is 103 Å². The van der Waals surface area contributed by atoms with E-state index in [0.717, 1.165) is 25.4 Å². The summed E-state index contributed by atoms with van der Waals surface area (Å²) in [7, 11) is 0. The van der Waals surface area contributed by atoms with Crippen LogP contribution in [0.25, 0.3) is 10.9 Å². The van der Waals surface area contributed by atoms with E-state index in [1.165, 1.54) is 0 Å². The number of carbonyl (C=O) groups is 1. The normalized spacial score (nSPS) is 10.8. The van der Waals surface area contributed by atoms with Gasteiger partial charge in [-0.1, -0.05) is 15.9 Å². The van der Waals surface area contributed by atoms with Crippen molar-refractivity contribution in [3.05, 3.63) is 32.8 Å². The quantitative estimate of drug-likeness (QED) is 0.886. The van der Waals surface area contributed by atoms with Crippen molar-refractivity contribution in [1.29, 1.82) is 0 Å². The highest BCUT2D eigenvalue weighted by atomic mass is 79.9. The van der Waals surface area contributed by atoms with Gasteiger partial charge in [0.1, 0.15) is 0 Å². The molecule has 0 atom stereocenters. The van der Waals surface area contributed by atoms with Crippen LogP contribution in [-0.4, -0.2) is 16.1 Å². The molecule has 0 saturated carbocycles. The number of benzene rings is 1. The molecule has 0 spiro atoms. The SMILES string of the molecule is O=C(O)Cc1c[nH]c2c(Br)ccc(Br)c12. The van der Waals surface area contributed by atoms with Crippen LogP contribution in [0.3, 0.4) is 0 Å². The zero-order valence-corrected chi connectivity index (χ0v) is 10.7. The zero-order valence-electron chi connectivity index (χ0n) is 7.55. The lowest BCUT2D eigenvalue weighted by Gasteiger charge is -1.99. The number of aromatic nitrogens is 1. The average Bonchev–Trinajstić information content (AvgIpc) is 2.56. The number of hydrogen-bond donors (Lipinski definition) is 2. The molecule has 5 heteroatoms. The first-order chi connectivity index (χ1) is 7.09. The standard InChI is InChI=1S/C10H7Br2NO2/c11-6-1-2-7(12)10-9(6)5(4-13-10)3-8(14)15/h1-2,4,13H,3H2,(H,14,15). The molecule has 1 aromatic carbocycles. The first-order valence-corrected chi connectivity index (χ1v) is 5.84. The number of hydrogen-bond acceptors (Lipinski definition) is 1. The number of carboxylic acids is 1. The molecule has 3 nitrogen and oxygen atoms in total. The fourth-order valence-corrected chi connectivity index (χ4v) is 2.57. The Morgan fingerprint density at radius 2 is 2.00 bits per heavy atom. The predicted molar refractivity (Wildman–Crippen MR) is 65.0 cm³/mol. The van der Waals surface area contributed by atoms with E-state index >= 15 is 0 Å². The zero-order chi connectivity index (χ0) is 11.0. The van der Waals surface area contributed by atoms with E-state index in [1.54, 1.807) is 6.20 Å². The summed E-state index contributed by atoms with van der Waals surface area (Å²) in [6.45, 7) is 0. The first kappa shape index (κ1) is 10.7. The second-order valence-electron chi connectivity index (χ2n) is 3.16. The Kier molecular flexibility index (Phi) is 2.84. The number of carboxylic acid groups (broad SMARTS) is 1. The van der Waals surface area contributed by atoms with Crippen LogP contribution in [-0.2, 0) is 11.2 Å². The summed E-state index contributed by atoms with van der Waals surface area (Å²) in [6.07, 6.45) is 1.75. The molecule has 1 heterocycles. The highest BCUT2D eigenvalue weighted by molar-refractivity contribution is 9.11. The third-order valence-corrected chi connectivity index (χ3v) is 3.48. The molecule has 0 amide bonds. The second kappa shape index (κ2) is 3.98. The van der Waals surface area contributed by atoms with Crippen molar-refractivity contribution in [2.24, 2.45) is 0 Å². The van der Waals surface area contributed by atoms with E-state index < -0.39 is 5.97 Å². The van der Waals surface area contributed by atoms with Crippen LogP contribution in [0.1, 0.15) is 5.56 Å². The van der Waals surface area contributed by atoms with Crippen LogP contribution in [0.2, 0.25) is 0 Å². The molecule has 15 heavy (non-hydrogen) atoms. The molecule has 0 unspecified atom stereocenters. The molecule has 0 bridgehead atoms. The fraction of sp³-hybridized carbons (Fsp3) is 0.100. The number of aliphatic carboxylic acids is 1. The summed E-state index contributed by atoms with van der Waals surface area (Å²) < 4.78 is 1.83. The third-order valence-electron chi connectivity index (χ3n) is 2.16. The molecule has 1 aromatic heterocycles. The van der Waals surface area contributed by atoms with E-state index in [4.69, 9.17) is 5.11 Å². The van der Waals surface area contributed by atoms with Gasteiger partial charge in [-0.05, 0) is 33.6 Å². The molecule has 0 aliphatic heterocycles. The van der Waals surface area contributed by atoms with Crippen LogP contribution in [0, 0.1) is 0 Å². The van der Waals surface area contributed by atoms with Gasteiger partial charge in [-0.25, -0.2) is 0 Å². The summed E-state index contributed by atoms with van der Waals surface area (Å²) in [6, 6.07) is 3.80. The molecular weight excluding hydrogens is 326 g/mol. The summed E-state index contributed by atoms with van der Waals surface area (Å²) in [4.78, 5) is 13.7. The minimum absolute atomic E-state index is 0.0229. The van der Waals surface area contributed by atoms with Gasteiger partial charge in [0.25, 0.3) is 0 Å². The van der Waals surface area contributed by atoms with Gasteiger partial charge in [0.2, 0.25) is 0 Å². The highest BCUT2D eigenvalue weighted by Crippen LogP contribution is 2.32. The summed E-state index contributed by atoms with van der Waals surface area (Å²) in [5.74, 6) is -0.831. The highest BCUT2D eigenvalue weighted by Gasteiger charge is 2.12. The van der Waals surface area contributed by atoms with Crippen molar-refractivity contribution in [2.75, 3.05) is 0 Å². The van der Waals surface area contributed by atoms with Gasteiger partial charge < -0.3 is 10.1 Å². The molecular formula is C10H7Br2NO2. The van der Waals surface area contributed by atoms with E-state index in [1.807, 2.05) is 12.1 Å². The largest absolute Gasteiger partial charge is 0.481 e. The Morgan fingerprint density at radius 1 is 1.33 bits per heavy atom. The number of aromatic amines is 1. The Morgan fingerprint density at radius 3 is 2.67 bits per heavy atom. The third kappa shape index (κ3) is 1.94. The van der Waals surface area contributed by atoms with Crippen molar-refractivity contribution in [3.63, 3.8) is 0 Å². The van der Waals surface area contributed by atoms with Crippen LogP contribution in [0.4, 0.5) is 0 Å². The van der Waals surface area contributed by atoms with Crippen LogP contribution >= 0.6 is 31.9 Å². The van der Waals surface area contributed by atoms with Crippen molar-refractivity contribution >= 4 is 48.7 Å². The smallest absolute Gasteiger partial charge is 0.307 e. The molecule has 0 saturated heterocycles. The van der Waals surface area contributed by atoms with Crippen molar-refractivity contribution < 1.29 is 9.90 Å². The second-order valence-corrected chi connectivity index (χ2v) is 4.87. The molecule has 2 N–H and O–H groups in total. The lowest BCUT2D eigenvalue weighted by Crippen LogP contribution is -1.98. The van der Waals surface area contributed by atoms with Crippen LogP contribution in [0.5, 0.6) is 0 Å². The topological polar surface area (TPSA) is 53.1 Å². The Bertz CT molecular complexity index is 533. The summed E-state index contributed by atoms with van der Waals surface area (Å²) in [5, 5.41) is 9.69.